The van der Waals surface area contributed by atoms with Gasteiger partial charge in [0.05, 0.1) is 19.8 Å². The molecule has 3 heteroatoms. The molecule has 84 valence electrons. The topological polar surface area (TPSA) is 21.7 Å². The van der Waals surface area contributed by atoms with E-state index in [1.54, 1.807) is 14.2 Å². The van der Waals surface area contributed by atoms with Gasteiger partial charge in [-0.2, -0.15) is 0 Å². The first kappa shape index (κ1) is 12.2. The minimum atomic E-state index is -0.190. The van der Waals surface area contributed by atoms with Crippen molar-refractivity contribution in [2.45, 2.75) is 25.8 Å². The average molecular weight is 209 g/mol. The van der Waals surface area contributed by atoms with E-state index in [0.29, 0.717) is 0 Å². The first-order valence-electron chi connectivity index (χ1n) is 5.02. The number of hydrogen-bond donors (Lipinski definition) is 0. The predicted molar refractivity (Wildman–Crippen MR) is 60.1 cm³/mol. The van der Waals surface area contributed by atoms with E-state index in [9.17, 15) is 0 Å². The Kier molecular flexibility index (Phi) is 4.27. The lowest BCUT2D eigenvalue weighted by atomic mass is 9.96. The Bertz CT molecular complexity index is 281. The number of hydroxylamine groups is 2. The van der Waals surface area contributed by atoms with Crippen molar-refractivity contribution in [2.24, 2.45) is 0 Å². The van der Waals surface area contributed by atoms with Crippen LogP contribution in [0.25, 0.3) is 0 Å². The van der Waals surface area contributed by atoms with Crippen LogP contribution in [0.4, 0.5) is 0 Å². The Morgan fingerprint density at radius 1 is 1.07 bits per heavy atom. The highest BCUT2D eigenvalue weighted by Crippen LogP contribution is 2.20. The molecule has 0 aliphatic heterocycles. The zero-order valence-electron chi connectivity index (χ0n) is 9.86. The monoisotopic (exact) mass is 209 g/mol. The molecule has 0 fully saturated rings. The standard InChI is InChI=1S/C12H19NO2/c1-12(2,13(14-3)15-4)10-11-8-6-5-7-9-11/h5-9H,10H2,1-4H3. The lowest BCUT2D eigenvalue weighted by molar-refractivity contribution is -0.385. The molecule has 0 radical (unpaired) electrons. The van der Waals surface area contributed by atoms with Gasteiger partial charge in [-0.3, -0.25) is 9.68 Å². The third-order valence-corrected chi connectivity index (χ3v) is 2.31. The van der Waals surface area contributed by atoms with Crippen LogP contribution in [0.2, 0.25) is 0 Å². The van der Waals surface area contributed by atoms with Gasteiger partial charge in [-0.05, 0) is 25.8 Å². The van der Waals surface area contributed by atoms with Gasteiger partial charge in [0.25, 0.3) is 0 Å². The van der Waals surface area contributed by atoms with E-state index in [1.807, 2.05) is 18.2 Å². The molecule has 0 spiro atoms. The largest absolute Gasteiger partial charge is 0.277 e. The maximum Gasteiger partial charge on any atom is 0.0721 e. The van der Waals surface area contributed by atoms with Gasteiger partial charge in [0.2, 0.25) is 0 Å². The molecule has 0 bridgehead atoms. The lowest BCUT2D eigenvalue weighted by Crippen LogP contribution is -2.44. The van der Waals surface area contributed by atoms with Crippen molar-refractivity contribution in [3.63, 3.8) is 0 Å². The van der Waals surface area contributed by atoms with Crippen LogP contribution in [0.15, 0.2) is 30.3 Å². The van der Waals surface area contributed by atoms with Crippen LogP contribution in [0, 0.1) is 0 Å². The summed E-state index contributed by atoms with van der Waals surface area (Å²) in [5.41, 5.74) is 1.08. The van der Waals surface area contributed by atoms with Crippen molar-refractivity contribution in [3.8, 4) is 0 Å². The lowest BCUT2D eigenvalue weighted by Gasteiger charge is -2.33. The molecule has 0 aliphatic carbocycles. The van der Waals surface area contributed by atoms with Crippen molar-refractivity contribution >= 4 is 0 Å². The fourth-order valence-electron chi connectivity index (χ4n) is 1.73. The highest BCUT2D eigenvalue weighted by molar-refractivity contribution is 5.16. The van der Waals surface area contributed by atoms with E-state index < -0.39 is 0 Å². The fourth-order valence-corrected chi connectivity index (χ4v) is 1.73. The molecule has 0 atom stereocenters. The van der Waals surface area contributed by atoms with E-state index in [-0.39, 0.29) is 5.54 Å². The van der Waals surface area contributed by atoms with Gasteiger partial charge in [-0.1, -0.05) is 35.6 Å². The van der Waals surface area contributed by atoms with Gasteiger partial charge in [0.1, 0.15) is 0 Å². The van der Waals surface area contributed by atoms with Gasteiger partial charge < -0.3 is 0 Å². The molecule has 0 aliphatic rings. The summed E-state index contributed by atoms with van der Waals surface area (Å²) in [7, 11) is 3.21. The van der Waals surface area contributed by atoms with Crippen molar-refractivity contribution in [1.82, 2.24) is 5.23 Å². The van der Waals surface area contributed by atoms with E-state index >= 15 is 0 Å². The molecule has 0 N–H and O–H groups in total. The van der Waals surface area contributed by atoms with Gasteiger partial charge in [0, 0.05) is 0 Å². The summed E-state index contributed by atoms with van der Waals surface area (Å²) in [6, 6.07) is 10.3. The number of hydrogen-bond acceptors (Lipinski definition) is 3. The SMILES string of the molecule is CON(OC)C(C)(C)Cc1ccccc1. The number of benzene rings is 1. The molecule has 0 aromatic heterocycles. The molecule has 3 nitrogen and oxygen atoms in total. The Morgan fingerprint density at radius 2 is 1.60 bits per heavy atom. The van der Waals surface area contributed by atoms with Crippen molar-refractivity contribution < 1.29 is 9.68 Å². The van der Waals surface area contributed by atoms with Gasteiger partial charge >= 0.3 is 0 Å². The van der Waals surface area contributed by atoms with Crippen molar-refractivity contribution in [1.29, 1.82) is 0 Å². The third kappa shape index (κ3) is 3.30. The Morgan fingerprint density at radius 3 is 2.07 bits per heavy atom. The number of rotatable bonds is 5. The summed E-state index contributed by atoms with van der Waals surface area (Å²) in [6.45, 7) is 4.15. The smallest absolute Gasteiger partial charge is 0.0721 e. The zero-order valence-corrected chi connectivity index (χ0v) is 9.86. The molecule has 1 aromatic rings. The summed E-state index contributed by atoms with van der Waals surface area (Å²) in [4.78, 5) is 10.3. The molecule has 0 amide bonds. The van der Waals surface area contributed by atoms with Crippen LogP contribution in [0.5, 0.6) is 0 Å². The van der Waals surface area contributed by atoms with Crippen LogP contribution in [0.3, 0.4) is 0 Å². The Labute approximate surface area is 91.5 Å². The molecular formula is C12H19NO2. The summed E-state index contributed by atoms with van der Waals surface area (Å²) >= 11 is 0. The summed E-state index contributed by atoms with van der Waals surface area (Å²) < 4.78 is 0. The molecule has 0 saturated heterocycles. The number of nitrogens with zero attached hydrogens (tertiary/aromatic N) is 1. The maximum atomic E-state index is 5.15. The van der Waals surface area contributed by atoms with Crippen molar-refractivity contribution in [3.05, 3.63) is 35.9 Å². The van der Waals surface area contributed by atoms with Crippen LogP contribution >= 0.6 is 0 Å². The quantitative estimate of drug-likeness (QED) is 0.695. The fraction of sp³-hybridized carbons (Fsp3) is 0.500. The first-order chi connectivity index (χ1) is 7.10. The van der Waals surface area contributed by atoms with Gasteiger partial charge in [-0.15, -0.1) is 0 Å². The molecule has 0 unspecified atom stereocenters. The highest BCUT2D eigenvalue weighted by Gasteiger charge is 2.27. The summed E-state index contributed by atoms with van der Waals surface area (Å²) in [5, 5.41) is 1.51. The Balaban J connectivity index is 2.71. The normalized spacial score (nSPS) is 12.1. The van der Waals surface area contributed by atoms with Crippen LogP contribution in [0.1, 0.15) is 19.4 Å². The second-order valence-electron chi connectivity index (χ2n) is 4.10. The van der Waals surface area contributed by atoms with E-state index in [0.717, 1.165) is 6.42 Å². The molecular weight excluding hydrogens is 190 g/mol. The molecule has 1 aromatic carbocycles. The van der Waals surface area contributed by atoms with Crippen LogP contribution in [-0.2, 0) is 16.1 Å². The molecule has 15 heavy (non-hydrogen) atoms. The second kappa shape index (κ2) is 5.26. The van der Waals surface area contributed by atoms with E-state index in [2.05, 4.69) is 26.0 Å². The molecule has 0 saturated carbocycles. The Hall–Kier alpha value is -0.900. The zero-order chi connectivity index (χ0) is 11.3. The maximum absolute atomic E-state index is 5.15. The van der Waals surface area contributed by atoms with E-state index in [4.69, 9.17) is 9.68 Å². The van der Waals surface area contributed by atoms with Gasteiger partial charge in [-0.25, -0.2) is 0 Å². The molecule has 1 rings (SSSR count). The van der Waals surface area contributed by atoms with Crippen molar-refractivity contribution in [2.75, 3.05) is 14.2 Å². The average Bonchev–Trinajstić information content (AvgIpc) is 2.19. The summed E-state index contributed by atoms with van der Waals surface area (Å²) in [5.74, 6) is 0. The third-order valence-electron chi connectivity index (χ3n) is 2.31. The van der Waals surface area contributed by atoms with Crippen LogP contribution < -0.4 is 0 Å². The first-order valence-corrected chi connectivity index (χ1v) is 5.02. The van der Waals surface area contributed by atoms with Crippen LogP contribution in [-0.4, -0.2) is 25.0 Å². The van der Waals surface area contributed by atoms with Gasteiger partial charge in [0.15, 0.2) is 0 Å². The summed E-state index contributed by atoms with van der Waals surface area (Å²) in [6.07, 6.45) is 0.871. The van der Waals surface area contributed by atoms with E-state index in [1.165, 1.54) is 10.8 Å². The minimum Gasteiger partial charge on any atom is -0.277 e. The predicted octanol–water partition coefficient (Wildman–Crippen LogP) is 2.43. The molecule has 0 heterocycles. The second-order valence-corrected chi connectivity index (χ2v) is 4.10. The minimum absolute atomic E-state index is 0.190. The highest BCUT2D eigenvalue weighted by atomic mass is 16.9.